The van der Waals surface area contributed by atoms with Gasteiger partial charge in [-0.05, 0) is 37.0 Å². The van der Waals surface area contributed by atoms with Crippen LogP contribution in [0.5, 0.6) is 0 Å². The molecule has 1 aromatic rings. The fraction of sp³-hybridized carbons (Fsp3) is 0.500. The van der Waals surface area contributed by atoms with E-state index < -0.39 is 0 Å². The average Bonchev–Trinajstić information content (AvgIpc) is 2.66. The van der Waals surface area contributed by atoms with Gasteiger partial charge in [0.1, 0.15) is 0 Å². The van der Waals surface area contributed by atoms with Crippen LogP contribution in [-0.4, -0.2) is 27.1 Å². The number of allylic oxidation sites excluding steroid dienone is 1. The van der Waals surface area contributed by atoms with Crippen LogP contribution >= 0.6 is 12.2 Å². The summed E-state index contributed by atoms with van der Waals surface area (Å²) in [4.78, 5) is 3.15. The zero-order valence-corrected chi connectivity index (χ0v) is 13.9. The van der Waals surface area contributed by atoms with E-state index in [-0.39, 0.29) is 12.0 Å². The number of thiocarbonyl (C=S) groups is 1. The van der Waals surface area contributed by atoms with Crippen molar-refractivity contribution in [3.8, 4) is 0 Å². The van der Waals surface area contributed by atoms with Crippen LogP contribution < -0.4 is 0 Å². The molecule has 3 heteroatoms. The molecule has 2 aliphatic heterocycles. The highest BCUT2D eigenvalue weighted by Gasteiger charge is 2.54. The minimum Gasteiger partial charge on any atom is -0.393 e. The number of rotatable bonds is 3. The van der Waals surface area contributed by atoms with Gasteiger partial charge in [-0.2, -0.15) is 0 Å². The summed E-state index contributed by atoms with van der Waals surface area (Å²) in [6, 6.07) is 9.20. The number of nitrogens with zero attached hydrogens (tertiary/aromatic N) is 1. The molecule has 1 aromatic carbocycles. The Balaban J connectivity index is 1.96. The first-order chi connectivity index (χ1) is 9.97. The molecule has 2 nitrogen and oxygen atoms in total. The molecule has 1 N–H and O–H groups in total. The van der Waals surface area contributed by atoms with Gasteiger partial charge in [0.05, 0.1) is 23.1 Å². The first-order valence-electron chi connectivity index (χ1n) is 7.78. The van der Waals surface area contributed by atoms with Gasteiger partial charge in [-0.15, -0.1) is 0 Å². The Morgan fingerprint density at radius 1 is 1.29 bits per heavy atom. The summed E-state index contributed by atoms with van der Waals surface area (Å²) in [6.07, 6.45) is 0.701. The third-order valence-electron chi connectivity index (χ3n) is 5.10. The second-order valence-corrected chi connectivity index (χ2v) is 6.72. The summed E-state index contributed by atoms with van der Waals surface area (Å²) in [5.41, 5.74) is 5.30. The Labute approximate surface area is 132 Å². The van der Waals surface area contributed by atoms with E-state index in [0.717, 1.165) is 11.4 Å². The van der Waals surface area contributed by atoms with Crippen LogP contribution in [0.4, 0.5) is 0 Å². The molecule has 2 heterocycles. The molecule has 1 fully saturated rings. The second kappa shape index (κ2) is 5.22. The molecule has 21 heavy (non-hydrogen) atoms. The summed E-state index contributed by atoms with van der Waals surface area (Å²) in [5, 5.41) is 9.99. The van der Waals surface area contributed by atoms with Gasteiger partial charge in [0, 0.05) is 11.6 Å². The number of benzene rings is 1. The Morgan fingerprint density at radius 3 is 2.43 bits per heavy atom. The Kier molecular flexibility index (Phi) is 3.66. The maximum atomic E-state index is 9.99. The monoisotopic (exact) mass is 301 g/mol. The topological polar surface area (TPSA) is 23.5 Å². The van der Waals surface area contributed by atoms with Crippen molar-refractivity contribution in [1.29, 1.82) is 0 Å². The van der Waals surface area contributed by atoms with E-state index in [2.05, 4.69) is 49.9 Å². The third-order valence-corrected chi connectivity index (χ3v) is 5.57. The molecule has 3 rings (SSSR count). The molecule has 4 unspecified atom stereocenters. The van der Waals surface area contributed by atoms with Crippen LogP contribution in [0.3, 0.4) is 0 Å². The predicted molar refractivity (Wildman–Crippen MR) is 91.0 cm³/mol. The van der Waals surface area contributed by atoms with E-state index in [1.54, 1.807) is 0 Å². The van der Waals surface area contributed by atoms with Crippen LogP contribution in [0.1, 0.15) is 38.8 Å². The van der Waals surface area contributed by atoms with Crippen molar-refractivity contribution in [1.82, 2.24) is 4.90 Å². The van der Waals surface area contributed by atoms with Crippen molar-refractivity contribution >= 4 is 22.8 Å². The van der Waals surface area contributed by atoms with Gasteiger partial charge in [0.25, 0.3) is 0 Å². The van der Waals surface area contributed by atoms with Gasteiger partial charge >= 0.3 is 0 Å². The zero-order valence-electron chi connectivity index (χ0n) is 13.1. The summed E-state index contributed by atoms with van der Waals surface area (Å²) in [5.74, 6) is 0.529. The van der Waals surface area contributed by atoms with E-state index in [1.165, 1.54) is 22.4 Å². The van der Waals surface area contributed by atoms with Crippen LogP contribution in [0.15, 0.2) is 30.0 Å². The predicted octanol–water partition coefficient (Wildman–Crippen LogP) is 3.64. The van der Waals surface area contributed by atoms with Crippen molar-refractivity contribution in [3.63, 3.8) is 0 Å². The Bertz CT molecular complexity index is 602. The minimum atomic E-state index is -0.365. The highest BCUT2D eigenvalue weighted by atomic mass is 32.1. The number of hydrogen-bond acceptors (Lipinski definition) is 2. The van der Waals surface area contributed by atoms with Gasteiger partial charge < -0.3 is 10.0 Å². The van der Waals surface area contributed by atoms with Crippen molar-refractivity contribution in [2.75, 3.05) is 0 Å². The first kappa shape index (κ1) is 14.7. The third kappa shape index (κ3) is 2.06. The van der Waals surface area contributed by atoms with E-state index in [1.807, 2.05) is 6.92 Å². The lowest BCUT2D eigenvalue weighted by molar-refractivity contribution is 0.0720. The Hall–Kier alpha value is -1.19. The van der Waals surface area contributed by atoms with E-state index in [9.17, 15) is 5.11 Å². The Morgan fingerprint density at radius 2 is 1.90 bits per heavy atom. The molecule has 0 bridgehead atoms. The van der Waals surface area contributed by atoms with E-state index in [0.29, 0.717) is 12.0 Å². The van der Waals surface area contributed by atoms with Gasteiger partial charge in [-0.25, -0.2) is 0 Å². The quantitative estimate of drug-likeness (QED) is 0.862. The van der Waals surface area contributed by atoms with Gasteiger partial charge in [0.15, 0.2) is 0 Å². The maximum Gasteiger partial charge on any atom is 0.0902 e. The lowest BCUT2D eigenvalue weighted by Gasteiger charge is -2.49. The minimum absolute atomic E-state index is 0.123. The maximum absolute atomic E-state index is 9.99. The fourth-order valence-corrected chi connectivity index (χ4v) is 4.56. The summed E-state index contributed by atoms with van der Waals surface area (Å²) >= 11 is 5.52. The SMILES string of the molecule is CCc1ccc(C2=C(C)N3C(=S)C(C(C)O)C3C2C)cc1. The van der Waals surface area contributed by atoms with Crippen LogP contribution in [0, 0.1) is 11.8 Å². The molecule has 0 aliphatic carbocycles. The average molecular weight is 301 g/mol. The molecule has 0 radical (unpaired) electrons. The molecule has 0 amide bonds. The summed E-state index contributed by atoms with van der Waals surface area (Å²) < 4.78 is 0. The molecular formula is C18H23NOS. The lowest BCUT2D eigenvalue weighted by atomic mass is 9.77. The van der Waals surface area contributed by atoms with Crippen LogP contribution in [0.25, 0.3) is 5.57 Å². The molecular weight excluding hydrogens is 278 g/mol. The van der Waals surface area contributed by atoms with Gasteiger partial charge in [-0.3, -0.25) is 0 Å². The van der Waals surface area contributed by atoms with Crippen molar-refractivity contribution in [2.45, 2.75) is 46.3 Å². The molecule has 0 saturated carbocycles. The molecule has 2 aliphatic rings. The normalized spacial score (nSPS) is 29.5. The van der Waals surface area contributed by atoms with Crippen LogP contribution in [0.2, 0.25) is 0 Å². The molecule has 112 valence electrons. The largest absolute Gasteiger partial charge is 0.393 e. The number of fused-ring (bicyclic) bond motifs is 1. The molecule has 4 atom stereocenters. The van der Waals surface area contributed by atoms with E-state index in [4.69, 9.17) is 12.2 Å². The molecule has 0 aromatic heterocycles. The standard InChI is InChI=1S/C18H23NOS/c1-5-13-6-8-14(9-7-13)15-10(2)17-16(12(4)20)18(21)19(17)11(15)3/h6-10,12,16-17,20H,5H2,1-4H3. The van der Waals surface area contributed by atoms with Crippen molar-refractivity contribution in [2.24, 2.45) is 11.8 Å². The summed E-state index contributed by atoms with van der Waals surface area (Å²) in [7, 11) is 0. The smallest absolute Gasteiger partial charge is 0.0902 e. The van der Waals surface area contributed by atoms with Gasteiger partial charge in [-0.1, -0.05) is 50.3 Å². The highest BCUT2D eigenvalue weighted by Crippen LogP contribution is 2.50. The second-order valence-electron chi connectivity index (χ2n) is 6.30. The van der Waals surface area contributed by atoms with Gasteiger partial charge in [0.2, 0.25) is 0 Å². The van der Waals surface area contributed by atoms with Crippen molar-refractivity contribution in [3.05, 3.63) is 41.1 Å². The zero-order chi connectivity index (χ0) is 15.3. The lowest BCUT2D eigenvalue weighted by Crippen LogP contribution is -2.61. The first-order valence-corrected chi connectivity index (χ1v) is 8.19. The summed E-state index contributed by atoms with van der Waals surface area (Å²) in [6.45, 7) is 8.44. The molecule has 1 saturated heterocycles. The number of aliphatic hydroxyl groups excluding tert-OH is 1. The van der Waals surface area contributed by atoms with Crippen molar-refractivity contribution < 1.29 is 5.11 Å². The number of aryl methyl sites for hydroxylation is 1. The fourth-order valence-electron chi connectivity index (χ4n) is 3.97. The van der Waals surface area contributed by atoms with Crippen LogP contribution in [-0.2, 0) is 6.42 Å². The molecule has 0 spiro atoms. The number of aliphatic hydroxyl groups is 1. The van der Waals surface area contributed by atoms with E-state index >= 15 is 0 Å². The highest BCUT2D eigenvalue weighted by molar-refractivity contribution is 7.80. The number of hydrogen-bond donors (Lipinski definition) is 1.